The zero-order chi connectivity index (χ0) is 19.6. The maximum absolute atomic E-state index is 13.1. The highest BCUT2D eigenvalue weighted by Crippen LogP contribution is 2.24. The number of likely N-dealkylation sites (tertiary alicyclic amines) is 1. The second-order valence-corrected chi connectivity index (χ2v) is 7.13. The quantitative estimate of drug-likeness (QED) is 0.899. The fraction of sp³-hybridized carbons (Fsp3) is 0.381. The molecule has 6 heteroatoms. The molecular formula is C21H24FN3O2. The molecule has 1 aromatic carbocycles. The van der Waals surface area contributed by atoms with Crippen molar-refractivity contribution in [1.29, 1.82) is 0 Å². The van der Waals surface area contributed by atoms with Crippen LogP contribution in [0.25, 0.3) is 0 Å². The Kier molecular flexibility index (Phi) is 5.54. The number of carbonyl (C=O) groups is 2. The average Bonchev–Trinajstić information content (AvgIpc) is 2.64. The molecule has 1 fully saturated rings. The Bertz CT molecular complexity index is 841. The van der Waals surface area contributed by atoms with E-state index in [-0.39, 0.29) is 23.5 Å². The van der Waals surface area contributed by atoms with E-state index >= 15 is 0 Å². The van der Waals surface area contributed by atoms with Crippen LogP contribution in [0.3, 0.4) is 0 Å². The van der Waals surface area contributed by atoms with Crippen LogP contribution in [-0.2, 0) is 4.79 Å². The lowest BCUT2D eigenvalue weighted by Gasteiger charge is -2.32. The molecule has 1 N–H and O–H groups in total. The summed E-state index contributed by atoms with van der Waals surface area (Å²) < 4.78 is 13.1. The van der Waals surface area contributed by atoms with Crippen molar-refractivity contribution in [3.05, 3.63) is 58.7 Å². The normalized spacial score (nSPS) is 16.9. The molecule has 1 aromatic heterocycles. The van der Waals surface area contributed by atoms with Gasteiger partial charge in [-0.05, 0) is 69.5 Å². The van der Waals surface area contributed by atoms with E-state index < -0.39 is 0 Å². The average molecular weight is 369 g/mol. The van der Waals surface area contributed by atoms with Gasteiger partial charge in [-0.1, -0.05) is 0 Å². The molecule has 0 saturated carbocycles. The summed E-state index contributed by atoms with van der Waals surface area (Å²) >= 11 is 0. The third-order valence-corrected chi connectivity index (χ3v) is 4.94. The summed E-state index contributed by atoms with van der Waals surface area (Å²) in [7, 11) is 0. The van der Waals surface area contributed by atoms with E-state index in [1.807, 2.05) is 26.8 Å². The van der Waals surface area contributed by atoms with Gasteiger partial charge in [0.15, 0.2) is 0 Å². The molecule has 1 aliphatic rings. The number of aromatic nitrogens is 1. The molecule has 0 radical (unpaired) electrons. The first-order valence-corrected chi connectivity index (χ1v) is 9.15. The minimum atomic E-state index is -0.375. The molecule has 0 aliphatic carbocycles. The second kappa shape index (κ2) is 7.86. The van der Waals surface area contributed by atoms with Crippen LogP contribution >= 0.6 is 0 Å². The van der Waals surface area contributed by atoms with E-state index in [1.165, 1.54) is 24.3 Å². The van der Waals surface area contributed by atoms with Gasteiger partial charge in [0.1, 0.15) is 5.82 Å². The number of anilines is 1. The number of halogens is 1. The first-order valence-electron chi connectivity index (χ1n) is 9.15. The zero-order valence-electron chi connectivity index (χ0n) is 15.9. The maximum atomic E-state index is 13.1. The van der Waals surface area contributed by atoms with Crippen LogP contribution in [0.2, 0.25) is 0 Å². The molecule has 2 aromatic rings. The van der Waals surface area contributed by atoms with E-state index in [0.717, 1.165) is 35.5 Å². The molecule has 0 spiro atoms. The highest BCUT2D eigenvalue weighted by molar-refractivity contribution is 5.96. The lowest BCUT2D eigenvalue weighted by molar-refractivity contribution is -0.121. The molecule has 0 bridgehead atoms. The Morgan fingerprint density at radius 3 is 2.56 bits per heavy atom. The smallest absolute Gasteiger partial charge is 0.253 e. The second-order valence-electron chi connectivity index (χ2n) is 7.13. The molecule has 1 aliphatic heterocycles. The number of aryl methyl sites for hydroxylation is 3. The number of pyridine rings is 1. The van der Waals surface area contributed by atoms with E-state index in [0.29, 0.717) is 18.7 Å². The molecule has 1 saturated heterocycles. The van der Waals surface area contributed by atoms with Gasteiger partial charge < -0.3 is 10.2 Å². The number of rotatable bonds is 3. The van der Waals surface area contributed by atoms with Crippen molar-refractivity contribution in [1.82, 2.24) is 9.88 Å². The van der Waals surface area contributed by atoms with Crippen molar-refractivity contribution in [2.24, 2.45) is 5.92 Å². The number of hydrogen-bond acceptors (Lipinski definition) is 3. The first-order chi connectivity index (χ1) is 12.8. The maximum Gasteiger partial charge on any atom is 0.253 e. The Labute approximate surface area is 158 Å². The Morgan fingerprint density at radius 2 is 1.89 bits per heavy atom. The summed E-state index contributed by atoms with van der Waals surface area (Å²) in [5.41, 5.74) is 3.86. The van der Waals surface area contributed by atoms with E-state index in [4.69, 9.17) is 0 Å². The fourth-order valence-corrected chi connectivity index (χ4v) is 3.59. The van der Waals surface area contributed by atoms with Crippen molar-refractivity contribution in [2.75, 3.05) is 18.4 Å². The molecule has 2 heterocycles. The molecule has 3 rings (SSSR count). The van der Waals surface area contributed by atoms with E-state index in [2.05, 4.69) is 10.3 Å². The van der Waals surface area contributed by atoms with Crippen molar-refractivity contribution in [2.45, 2.75) is 33.6 Å². The van der Waals surface area contributed by atoms with Gasteiger partial charge in [0.2, 0.25) is 5.91 Å². The van der Waals surface area contributed by atoms with Gasteiger partial charge in [0.25, 0.3) is 5.91 Å². The molecule has 142 valence electrons. The van der Waals surface area contributed by atoms with Crippen LogP contribution in [0.5, 0.6) is 0 Å². The standard InChI is InChI=1S/C21H24FN3O2/c1-13-11-14(2)23-15(3)19(13)24-20(26)17-5-4-10-25(12-17)21(27)16-6-8-18(22)9-7-16/h6-9,11,17H,4-5,10,12H2,1-3H3,(H,24,26). The number of benzene rings is 1. The van der Waals surface area contributed by atoms with Crippen LogP contribution in [0, 0.1) is 32.5 Å². The lowest BCUT2D eigenvalue weighted by atomic mass is 9.96. The van der Waals surface area contributed by atoms with Crippen molar-refractivity contribution in [3.8, 4) is 0 Å². The van der Waals surface area contributed by atoms with Gasteiger partial charge >= 0.3 is 0 Å². The largest absolute Gasteiger partial charge is 0.338 e. The number of nitrogens with one attached hydrogen (secondary N) is 1. The Balaban J connectivity index is 1.69. The van der Waals surface area contributed by atoms with Gasteiger partial charge in [-0.2, -0.15) is 0 Å². The molecule has 1 unspecified atom stereocenters. The summed E-state index contributed by atoms with van der Waals surface area (Å²) in [6, 6.07) is 7.45. The number of hydrogen-bond donors (Lipinski definition) is 1. The predicted octanol–water partition coefficient (Wildman–Crippen LogP) is 3.64. The van der Waals surface area contributed by atoms with Gasteiger partial charge in [0, 0.05) is 24.3 Å². The van der Waals surface area contributed by atoms with E-state index in [9.17, 15) is 14.0 Å². The van der Waals surface area contributed by atoms with Gasteiger partial charge in [0.05, 0.1) is 17.3 Å². The number of nitrogens with zero attached hydrogens (tertiary/aromatic N) is 2. The monoisotopic (exact) mass is 369 g/mol. The van der Waals surface area contributed by atoms with Gasteiger partial charge in [-0.15, -0.1) is 0 Å². The topological polar surface area (TPSA) is 62.3 Å². The van der Waals surface area contributed by atoms with Crippen LogP contribution in [0.15, 0.2) is 30.3 Å². The van der Waals surface area contributed by atoms with E-state index in [1.54, 1.807) is 4.90 Å². The predicted molar refractivity (Wildman–Crippen MR) is 102 cm³/mol. The number of amides is 2. The highest BCUT2D eigenvalue weighted by Gasteiger charge is 2.29. The summed E-state index contributed by atoms with van der Waals surface area (Å²) in [5, 5.41) is 2.99. The number of carbonyl (C=O) groups excluding carboxylic acids is 2. The first kappa shape index (κ1) is 19.0. The third-order valence-electron chi connectivity index (χ3n) is 4.94. The molecule has 2 amide bonds. The Morgan fingerprint density at radius 1 is 1.19 bits per heavy atom. The third kappa shape index (κ3) is 4.32. The number of piperidine rings is 1. The van der Waals surface area contributed by atoms with Crippen molar-refractivity contribution >= 4 is 17.5 Å². The zero-order valence-corrected chi connectivity index (χ0v) is 15.9. The summed E-state index contributed by atoms with van der Waals surface area (Å²) in [6.45, 7) is 6.71. The van der Waals surface area contributed by atoms with Crippen LogP contribution in [0.1, 0.15) is 40.2 Å². The molecular weight excluding hydrogens is 345 g/mol. The molecule has 27 heavy (non-hydrogen) atoms. The van der Waals surface area contributed by atoms with Crippen molar-refractivity contribution in [3.63, 3.8) is 0 Å². The van der Waals surface area contributed by atoms with Crippen molar-refractivity contribution < 1.29 is 14.0 Å². The highest BCUT2D eigenvalue weighted by atomic mass is 19.1. The van der Waals surface area contributed by atoms with Crippen LogP contribution in [-0.4, -0.2) is 34.8 Å². The molecule has 1 atom stereocenters. The summed E-state index contributed by atoms with van der Waals surface area (Å²) in [6.07, 6.45) is 1.49. The molecule has 5 nitrogen and oxygen atoms in total. The lowest BCUT2D eigenvalue weighted by Crippen LogP contribution is -2.43. The SMILES string of the molecule is Cc1cc(C)c(NC(=O)C2CCCN(C(=O)c3ccc(F)cc3)C2)c(C)n1. The minimum Gasteiger partial charge on any atom is -0.338 e. The van der Waals surface area contributed by atoms with Gasteiger partial charge in [-0.3, -0.25) is 14.6 Å². The fourth-order valence-electron chi connectivity index (χ4n) is 3.59. The Hall–Kier alpha value is -2.76. The summed E-state index contributed by atoms with van der Waals surface area (Å²) in [4.78, 5) is 31.5. The van der Waals surface area contributed by atoms with Crippen LogP contribution < -0.4 is 5.32 Å². The minimum absolute atomic E-state index is 0.0940. The van der Waals surface area contributed by atoms with Crippen LogP contribution in [0.4, 0.5) is 10.1 Å². The summed E-state index contributed by atoms with van der Waals surface area (Å²) in [5.74, 6) is -0.913. The van der Waals surface area contributed by atoms with Gasteiger partial charge in [-0.25, -0.2) is 4.39 Å².